The minimum Gasteiger partial charge on any atom is -0.354 e. The molecule has 0 aliphatic carbocycles. The fourth-order valence-electron chi connectivity index (χ4n) is 4.63. The van der Waals surface area contributed by atoms with Gasteiger partial charge in [-0.25, -0.2) is 0 Å². The van der Waals surface area contributed by atoms with E-state index in [0.29, 0.717) is 25.3 Å². The molecule has 1 unspecified atom stereocenters. The molecule has 1 fully saturated rings. The van der Waals surface area contributed by atoms with Crippen LogP contribution in [0.15, 0.2) is 48.5 Å². The van der Waals surface area contributed by atoms with Crippen LogP contribution in [-0.2, 0) is 22.6 Å². The number of rotatable bonds is 6. The summed E-state index contributed by atoms with van der Waals surface area (Å²) in [5.74, 6) is 0.437. The molecule has 6 heteroatoms. The van der Waals surface area contributed by atoms with Gasteiger partial charge in [-0.15, -0.1) is 0 Å². The van der Waals surface area contributed by atoms with E-state index in [-0.39, 0.29) is 11.8 Å². The van der Waals surface area contributed by atoms with Crippen LogP contribution in [0.5, 0.6) is 0 Å². The average Bonchev–Trinajstić information content (AvgIpc) is 3.19. The van der Waals surface area contributed by atoms with E-state index in [1.165, 1.54) is 5.56 Å². The van der Waals surface area contributed by atoms with Crippen molar-refractivity contribution in [3.8, 4) is 0 Å². The Kier molecular flexibility index (Phi) is 6.93. The first kappa shape index (κ1) is 21.8. The van der Waals surface area contributed by atoms with Gasteiger partial charge in [-0.1, -0.05) is 48.9 Å². The van der Waals surface area contributed by atoms with Gasteiger partial charge in [0.1, 0.15) is 6.04 Å². The normalized spacial score (nSPS) is 19.3. The number of para-hydroxylation sites is 1. The predicted octanol–water partition coefficient (Wildman–Crippen LogP) is 4.04. The van der Waals surface area contributed by atoms with E-state index in [4.69, 9.17) is 11.6 Å². The van der Waals surface area contributed by atoms with Crippen molar-refractivity contribution < 1.29 is 9.59 Å². The zero-order chi connectivity index (χ0) is 21.8. The third-order valence-corrected chi connectivity index (χ3v) is 6.69. The number of halogens is 1. The Balaban J connectivity index is 1.27. The largest absolute Gasteiger partial charge is 0.354 e. The number of hydrogen-bond acceptors (Lipinski definition) is 3. The summed E-state index contributed by atoms with van der Waals surface area (Å²) >= 11 is 5.97. The molecule has 2 aromatic carbocycles. The highest BCUT2D eigenvalue weighted by Gasteiger charge is 2.37. The molecule has 0 saturated carbocycles. The van der Waals surface area contributed by atoms with Gasteiger partial charge in [0.05, 0.1) is 0 Å². The van der Waals surface area contributed by atoms with Crippen molar-refractivity contribution in [3.63, 3.8) is 0 Å². The number of nitrogens with zero attached hydrogens (tertiary/aromatic N) is 2. The Hall–Kier alpha value is -2.37. The van der Waals surface area contributed by atoms with E-state index in [0.717, 1.165) is 48.7 Å². The van der Waals surface area contributed by atoms with Crippen molar-refractivity contribution in [1.29, 1.82) is 0 Å². The number of benzene rings is 2. The quantitative estimate of drug-likeness (QED) is 0.739. The number of likely N-dealkylation sites (tertiary alicyclic amines) is 1. The molecule has 5 nitrogen and oxygen atoms in total. The van der Waals surface area contributed by atoms with Crippen molar-refractivity contribution in [2.45, 2.75) is 45.2 Å². The van der Waals surface area contributed by atoms with Crippen LogP contribution in [0, 0.1) is 5.92 Å². The highest BCUT2D eigenvalue weighted by molar-refractivity contribution is 6.30. The van der Waals surface area contributed by atoms with Gasteiger partial charge in [0, 0.05) is 36.6 Å². The van der Waals surface area contributed by atoms with Crippen LogP contribution in [0.25, 0.3) is 0 Å². The minimum absolute atomic E-state index is 0.000563. The van der Waals surface area contributed by atoms with E-state index in [2.05, 4.69) is 22.3 Å². The number of fused-ring (bicyclic) bond motifs is 1. The summed E-state index contributed by atoms with van der Waals surface area (Å²) in [6.45, 7) is 5.51. The molecular formula is C25H30ClN3O2. The van der Waals surface area contributed by atoms with Gasteiger partial charge in [0.2, 0.25) is 11.8 Å². The topological polar surface area (TPSA) is 52.7 Å². The van der Waals surface area contributed by atoms with Crippen molar-refractivity contribution in [3.05, 3.63) is 64.7 Å². The summed E-state index contributed by atoms with van der Waals surface area (Å²) in [6.07, 6.45) is 3.12. The van der Waals surface area contributed by atoms with Crippen LogP contribution in [0.3, 0.4) is 0 Å². The molecule has 4 rings (SSSR count). The molecule has 0 bridgehead atoms. The first-order chi connectivity index (χ1) is 15.0. The van der Waals surface area contributed by atoms with E-state index in [9.17, 15) is 9.59 Å². The fraction of sp³-hybridized carbons (Fsp3) is 0.440. The van der Waals surface area contributed by atoms with Gasteiger partial charge >= 0.3 is 0 Å². The van der Waals surface area contributed by atoms with Crippen molar-refractivity contribution in [2.24, 2.45) is 5.92 Å². The summed E-state index contributed by atoms with van der Waals surface area (Å²) in [4.78, 5) is 29.7. The van der Waals surface area contributed by atoms with Gasteiger partial charge in [-0.2, -0.15) is 0 Å². The lowest BCUT2D eigenvalue weighted by Crippen LogP contribution is -2.49. The first-order valence-electron chi connectivity index (χ1n) is 11.2. The Morgan fingerprint density at radius 3 is 2.48 bits per heavy atom. The van der Waals surface area contributed by atoms with Gasteiger partial charge in [0.25, 0.3) is 0 Å². The molecule has 164 valence electrons. The molecule has 2 aliphatic rings. The SMILES string of the molecule is CCC(=O)N1c2ccccc2CC1C(=O)NCC1CCN(Cc2ccc(Cl)cc2)CC1. The van der Waals surface area contributed by atoms with Crippen LogP contribution in [0.2, 0.25) is 5.02 Å². The van der Waals surface area contributed by atoms with Gasteiger partial charge < -0.3 is 5.32 Å². The number of nitrogens with one attached hydrogen (secondary N) is 1. The Bertz CT molecular complexity index is 923. The molecule has 2 aromatic rings. The number of anilines is 1. The second kappa shape index (κ2) is 9.84. The lowest BCUT2D eigenvalue weighted by atomic mass is 9.96. The number of amides is 2. The van der Waals surface area contributed by atoms with Crippen LogP contribution >= 0.6 is 11.6 Å². The maximum atomic E-state index is 13.0. The average molecular weight is 440 g/mol. The lowest BCUT2D eigenvalue weighted by Gasteiger charge is -2.32. The first-order valence-corrected chi connectivity index (χ1v) is 11.6. The number of hydrogen-bond donors (Lipinski definition) is 1. The second-order valence-corrected chi connectivity index (χ2v) is 8.99. The molecule has 1 saturated heterocycles. The second-order valence-electron chi connectivity index (χ2n) is 8.56. The Labute approximate surface area is 189 Å². The highest BCUT2D eigenvalue weighted by Crippen LogP contribution is 2.32. The lowest BCUT2D eigenvalue weighted by molar-refractivity contribution is -0.126. The summed E-state index contributed by atoms with van der Waals surface area (Å²) in [5, 5.41) is 3.91. The number of carbonyl (C=O) groups excluding carboxylic acids is 2. The third-order valence-electron chi connectivity index (χ3n) is 6.44. The van der Waals surface area contributed by atoms with E-state index in [1.807, 2.05) is 43.3 Å². The van der Waals surface area contributed by atoms with E-state index in [1.54, 1.807) is 4.90 Å². The van der Waals surface area contributed by atoms with Crippen molar-refractivity contribution >= 4 is 29.1 Å². The van der Waals surface area contributed by atoms with Crippen molar-refractivity contribution in [2.75, 3.05) is 24.5 Å². The van der Waals surface area contributed by atoms with E-state index < -0.39 is 6.04 Å². The molecule has 0 radical (unpaired) electrons. The molecule has 2 heterocycles. The Morgan fingerprint density at radius 1 is 1.06 bits per heavy atom. The standard InChI is InChI=1S/C25H30ClN3O2/c1-2-24(30)29-22-6-4-3-5-20(22)15-23(29)25(31)27-16-18-11-13-28(14-12-18)17-19-7-9-21(26)10-8-19/h3-10,18,23H,2,11-17H2,1H3,(H,27,31). The Morgan fingerprint density at radius 2 is 1.77 bits per heavy atom. The third kappa shape index (κ3) is 5.10. The molecule has 0 aromatic heterocycles. The summed E-state index contributed by atoms with van der Waals surface area (Å²) in [5.41, 5.74) is 3.22. The zero-order valence-corrected chi connectivity index (χ0v) is 18.8. The van der Waals surface area contributed by atoms with Crippen LogP contribution in [0.4, 0.5) is 5.69 Å². The van der Waals surface area contributed by atoms with E-state index >= 15 is 0 Å². The zero-order valence-electron chi connectivity index (χ0n) is 18.0. The minimum atomic E-state index is -0.435. The smallest absolute Gasteiger partial charge is 0.243 e. The molecule has 0 spiro atoms. The molecule has 2 aliphatic heterocycles. The fourth-order valence-corrected chi connectivity index (χ4v) is 4.76. The maximum Gasteiger partial charge on any atom is 0.243 e. The van der Waals surface area contributed by atoms with Crippen LogP contribution in [-0.4, -0.2) is 42.4 Å². The van der Waals surface area contributed by atoms with Gasteiger partial charge in [-0.3, -0.25) is 19.4 Å². The van der Waals surface area contributed by atoms with Crippen LogP contribution < -0.4 is 10.2 Å². The monoisotopic (exact) mass is 439 g/mol. The summed E-state index contributed by atoms with van der Waals surface area (Å²) in [6, 6.07) is 15.4. The highest BCUT2D eigenvalue weighted by atomic mass is 35.5. The van der Waals surface area contributed by atoms with Crippen LogP contribution in [0.1, 0.15) is 37.3 Å². The molecule has 1 atom stereocenters. The van der Waals surface area contributed by atoms with Gasteiger partial charge in [-0.05, 0) is 61.2 Å². The molecule has 31 heavy (non-hydrogen) atoms. The number of carbonyl (C=O) groups is 2. The molecule has 2 amide bonds. The number of piperidine rings is 1. The van der Waals surface area contributed by atoms with Crippen molar-refractivity contribution in [1.82, 2.24) is 10.2 Å². The molecular weight excluding hydrogens is 410 g/mol. The summed E-state index contributed by atoms with van der Waals surface area (Å²) < 4.78 is 0. The summed E-state index contributed by atoms with van der Waals surface area (Å²) in [7, 11) is 0. The molecule has 1 N–H and O–H groups in total. The predicted molar refractivity (Wildman–Crippen MR) is 124 cm³/mol. The maximum absolute atomic E-state index is 13.0. The van der Waals surface area contributed by atoms with Gasteiger partial charge in [0.15, 0.2) is 0 Å².